The molecule has 2 bridgehead atoms. The van der Waals surface area contributed by atoms with Gasteiger partial charge in [-0.15, -0.1) is 0 Å². The van der Waals surface area contributed by atoms with Crippen LogP contribution in [0, 0.1) is 17.8 Å². The summed E-state index contributed by atoms with van der Waals surface area (Å²) in [6, 6.07) is 0. The Balaban J connectivity index is 1.51. The molecule has 0 aromatic carbocycles. The molecule has 0 amide bonds. The first-order valence-electron chi connectivity index (χ1n) is 9.60. The van der Waals surface area contributed by atoms with Crippen molar-refractivity contribution in [2.75, 3.05) is 19.6 Å². The Hall–Kier alpha value is -0.870. The van der Waals surface area contributed by atoms with Crippen LogP contribution in [0.1, 0.15) is 57.2 Å². The van der Waals surface area contributed by atoms with Gasteiger partial charge < -0.3 is 14.6 Å². The number of rotatable bonds is 3. The monoisotopic (exact) mass is 317 g/mol. The number of fused-ring (bicyclic) bond motifs is 2. The average molecular weight is 317 g/mol. The fourth-order valence-corrected chi connectivity index (χ4v) is 5.54. The van der Waals surface area contributed by atoms with Crippen LogP contribution in [0.4, 0.5) is 0 Å². The van der Waals surface area contributed by atoms with E-state index in [1.54, 1.807) is 0 Å². The number of aromatic nitrogens is 2. The van der Waals surface area contributed by atoms with Crippen molar-refractivity contribution in [2.24, 2.45) is 24.8 Å². The summed E-state index contributed by atoms with van der Waals surface area (Å²) >= 11 is 0. The van der Waals surface area contributed by atoms with Crippen molar-refractivity contribution in [3.8, 4) is 0 Å². The molecule has 1 aromatic rings. The van der Waals surface area contributed by atoms with Gasteiger partial charge in [-0.25, -0.2) is 4.98 Å². The summed E-state index contributed by atoms with van der Waals surface area (Å²) < 4.78 is 2.03. The lowest BCUT2D eigenvalue weighted by Crippen LogP contribution is -2.59. The molecule has 1 aromatic heterocycles. The third-order valence-corrected chi connectivity index (χ3v) is 6.73. The van der Waals surface area contributed by atoms with Crippen molar-refractivity contribution in [1.82, 2.24) is 14.5 Å². The van der Waals surface area contributed by atoms with E-state index in [2.05, 4.69) is 9.88 Å². The van der Waals surface area contributed by atoms with Crippen LogP contribution in [0.3, 0.4) is 0 Å². The Kier molecular flexibility index (Phi) is 4.22. The summed E-state index contributed by atoms with van der Waals surface area (Å²) in [5, 5.41) is 11.6. The molecule has 2 saturated carbocycles. The van der Waals surface area contributed by atoms with Crippen LogP contribution < -0.4 is 0 Å². The fourth-order valence-electron chi connectivity index (χ4n) is 5.54. The Morgan fingerprint density at radius 3 is 2.39 bits per heavy atom. The number of nitrogens with zero attached hydrogens (tertiary/aromatic N) is 3. The van der Waals surface area contributed by atoms with Crippen LogP contribution in [0.15, 0.2) is 12.4 Å². The van der Waals surface area contributed by atoms with E-state index >= 15 is 0 Å². The summed E-state index contributed by atoms with van der Waals surface area (Å²) in [5.41, 5.74) is -0.709. The lowest BCUT2D eigenvalue weighted by molar-refractivity contribution is -0.155. The Morgan fingerprint density at radius 2 is 1.78 bits per heavy atom. The van der Waals surface area contributed by atoms with E-state index in [9.17, 15) is 5.11 Å². The zero-order valence-electron chi connectivity index (χ0n) is 14.5. The number of likely N-dealkylation sites (tertiary alicyclic amines) is 1. The lowest BCUT2D eigenvalue weighted by Gasteiger charge is -2.53. The Morgan fingerprint density at radius 1 is 1.09 bits per heavy atom. The van der Waals surface area contributed by atoms with E-state index in [1.807, 2.05) is 24.0 Å². The zero-order chi connectivity index (χ0) is 15.9. The predicted octanol–water partition coefficient (Wildman–Crippen LogP) is 2.92. The second kappa shape index (κ2) is 6.21. The molecule has 2 heterocycles. The van der Waals surface area contributed by atoms with E-state index < -0.39 is 5.60 Å². The summed E-state index contributed by atoms with van der Waals surface area (Å²) in [4.78, 5) is 7.20. The molecule has 128 valence electrons. The van der Waals surface area contributed by atoms with Gasteiger partial charge in [0, 0.05) is 50.9 Å². The highest BCUT2D eigenvalue weighted by molar-refractivity contribution is 5.14. The minimum Gasteiger partial charge on any atom is -0.381 e. The third-order valence-electron chi connectivity index (χ3n) is 6.73. The lowest BCUT2D eigenvalue weighted by atomic mass is 9.64. The van der Waals surface area contributed by atoms with E-state index in [4.69, 9.17) is 0 Å². The number of hydrogen-bond acceptors (Lipinski definition) is 3. The first kappa shape index (κ1) is 15.6. The molecule has 0 radical (unpaired) electrons. The van der Waals surface area contributed by atoms with Gasteiger partial charge in [0.15, 0.2) is 0 Å². The molecule has 4 heteroatoms. The molecule has 23 heavy (non-hydrogen) atoms. The van der Waals surface area contributed by atoms with Gasteiger partial charge in [-0.2, -0.15) is 0 Å². The predicted molar refractivity (Wildman–Crippen MR) is 91.0 cm³/mol. The highest BCUT2D eigenvalue weighted by atomic mass is 16.3. The number of hydrogen-bond donors (Lipinski definition) is 1. The van der Waals surface area contributed by atoms with Gasteiger partial charge in [0.05, 0.1) is 0 Å². The Bertz CT molecular complexity index is 520. The van der Waals surface area contributed by atoms with Crippen LogP contribution in [0.2, 0.25) is 0 Å². The fraction of sp³-hybridized carbons (Fsp3) is 0.842. The minimum atomic E-state index is -0.709. The summed E-state index contributed by atoms with van der Waals surface area (Å²) in [7, 11) is 2.02. The van der Waals surface area contributed by atoms with Crippen LogP contribution >= 0.6 is 0 Å². The molecule has 2 aliphatic carbocycles. The average Bonchev–Trinajstić information content (AvgIpc) is 2.96. The number of aryl methyl sites for hydroxylation is 1. The van der Waals surface area contributed by atoms with Gasteiger partial charge in [-0.3, -0.25) is 0 Å². The van der Waals surface area contributed by atoms with Crippen molar-refractivity contribution >= 4 is 0 Å². The number of aliphatic hydroxyl groups is 1. The maximum atomic E-state index is 11.6. The summed E-state index contributed by atoms with van der Waals surface area (Å²) in [6.45, 7) is 3.36. The van der Waals surface area contributed by atoms with Crippen molar-refractivity contribution in [3.63, 3.8) is 0 Å². The normalized spacial score (nSPS) is 36.3. The molecule has 4 rings (SSSR count). The molecule has 2 atom stereocenters. The van der Waals surface area contributed by atoms with Crippen molar-refractivity contribution in [1.29, 1.82) is 0 Å². The van der Waals surface area contributed by atoms with Gasteiger partial charge in [-0.1, -0.05) is 25.7 Å². The molecule has 1 aliphatic heterocycles. The quantitative estimate of drug-likeness (QED) is 0.932. The molecule has 2 unspecified atom stereocenters. The molecule has 3 fully saturated rings. The molecule has 1 saturated heterocycles. The van der Waals surface area contributed by atoms with Gasteiger partial charge in [0.1, 0.15) is 11.4 Å². The highest BCUT2D eigenvalue weighted by Crippen LogP contribution is 2.48. The first-order valence-corrected chi connectivity index (χ1v) is 9.60. The van der Waals surface area contributed by atoms with Crippen LogP contribution in [0.25, 0.3) is 0 Å². The third kappa shape index (κ3) is 2.74. The van der Waals surface area contributed by atoms with Gasteiger partial charge in [0.25, 0.3) is 0 Å². The van der Waals surface area contributed by atoms with Gasteiger partial charge >= 0.3 is 0 Å². The number of piperidine rings is 1. The van der Waals surface area contributed by atoms with Crippen molar-refractivity contribution in [2.45, 2.75) is 57.0 Å². The Labute approximate surface area is 139 Å². The maximum Gasteiger partial charge on any atom is 0.141 e. The highest BCUT2D eigenvalue weighted by Gasteiger charge is 2.53. The SMILES string of the molecule is Cn1ccnc1C1(O)C2CCCC1CN(CC1CCCCC1)C2. The largest absolute Gasteiger partial charge is 0.381 e. The molecule has 4 nitrogen and oxygen atoms in total. The molecule has 1 N–H and O–H groups in total. The van der Waals surface area contributed by atoms with E-state index in [0.29, 0.717) is 11.8 Å². The van der Waals surface area contributed by atoms with Crippen LogP contribution in [-0.2, 0) is 12.6 Å². The smallest absolute Gasteiger partial charge is 0.141 e. The second-order valence-electron chi connectivity index (χ2n) is 8.23. The molecule has 0 spiro atoms. The van der Waals surface area contributed by atoms with E-state index in [0.717, 1.165) is 37.7 Å². The molecular formula is C19H31N3O. The summed E-state index contributed by atoms with van der Waals surface area (Å²) in [5.74, 6) is 2.48. The van der Waals surface area contributed by atoms with E-state index in [1.165, 1.54) is 45.1 Å². The van der Waals surface area contributed by atoms with Crippen molar-refractivity contribution in [3.05, 3.63) is 18.2 Å². The summed E-state index contributed by atoms with van der Waals surface area (Å²) in [6.07, 6.45) is 14.4. The van der Waals surface area contributed by atoms with Crippen LogP contribution in [0.5, 0.6) is 0 Å². The molecular weight excluding hydrogens is 286 g/mol. The minimum absolute atomic E-state index is 0.347. The van der Waals surface area contributed by atoms with Gasteiger partial charge in [0.2, 0.25) is 0 Å². The van der Waals surface area contributed by atoms with Crippen molar-refractivity contribution < 1.29 is 5.11 Å². The van der Waals surface area contributed by atoms with Gasteiger partial charge in [-0.05, 0) is 31.6 Å². The second-order valence-corrected chi connectivity index (χ2v) is 8.23. The molecule has 3 aliphatic rings. The number of imidazole rings is 1. The van der Waals surface area contributed by atoms with E-state index in [-0.39, 0.29) is 0 Å². The first-order chi connectivity index (χ1) is 11.2. The maximum absolute atomic E-state index is 11.6. The standard InChI is InChI=1S/C19H31N3O/c1-21-11-10-20-18(21)19(23)16-8-5-9-17(19)14-22(13-16)12-15-6-3-2-4-7-15/h10-11,15-17,23H,2-9,12-14H2,1H3. The van der Waals surface area contributed by atoms with Crippen LogP contribution in [-0.4, -0.2) is 39.2 Å². The topological polar surface area (TPSA) is 41.3 Å². The zero-order valence-corrected chi connectivity index (χ0v) is 14.5.